The molecule has 0 fully saturated rings. The van der Waals surface area contributed by atoms with Crippen LogP contribution >= 0.6 is 12.6 Å². The number of carboxylic acid groups (broad SMARTS) is 1. The van der Waals surface area contributed by atoms with Crippen molar-refractivity contribution >= 4 is 48.1 Å². The molecule has 4 atom stereocenters. The molecule has 0 spiro atoms. The summed E-state index contributed by atoms with van der Waals surface area (Å²) in [5.41, 5.74) is 15.4. The van der Waals surface area contributed by atoms with Gasteiger partial charge in [0.05, 0.1) is 19.1 Å². The molecule has 5 amide bonds. The van der Waals surface area contributed by atoms with Gasteiger partial charge in [-0.15, -0.1) is 0 Å². The fraction of sp³-hybridized carbons (Fsp3) is 0.600. The molecule has 15 heteroatoms. The number of thiol groups is 1. The van der Waals surface area contributed by atoms with Crippen LogP contribution in [0, 0.1) is 0 Å². The van der Waals surface area contributed by atoms with E-state index in [1.165, 1.54) is 0 Å². The number of nitrogens with one attached hydrogen (secondary N) is 3. The Bertz CT molecular complexity index is 676. The van der Waals surface area contributed by atoms with Gasteiger partial charge in [0, 0.05) is 12.2 Å². The van der Waals surface area contributed by atoms with Crippen molar-refractivity contribution in [3.05, 3.63) is 0 Å². The monoisotopic (exact) mass is 450 g/mol. The normalized spacial score (nSPS) is 14.5. The van der Waals surface area contributed by atoms with Crippen LogP contribution in [0.4, 0.5) is 0 Å². The number of nitrogens with two attached hydrogens (primary N) is 3. The predicted octanol–water partition coefficient (Wildman–Crippen LogP) is -5.08. The zero-order valence-corrected chi connectivity index (χ0v) is 16.8. The van der Waals surface area contributed by atoms with Crippen molar-refractivity contribution in [3.8, 4) is 0 Å². The molecule has 4 unspecified atom stereocenters. The largest absolute Gasteiger partial charge is 0.480 e. The van der Waals surface area contributed by atoms with Crippen molar-refractivity contribution in [1.29, 1.82) is 0 Å². The maximum Gasteiger partial charge on any atom is 0.326 e. The number of rotatable bonds is 14. The first-order valence-electron chi connectivity index (χ1n) is 8.60. The minimum atomic E-state index is -1.62. The van der Waals surface area contributed by atoms with Gasteiger partial charge in [0.1, 0.15) is 18.1 Å². The third-order valence-electron chi connectivity index (χ3n) is 3.69. The van der Waals surface area contributed by atoms with Crippen molar-refractivity contribution in [2.45, 2.75) is 43.4 Å². The topological polar surface area (TPSA) is 257 Å². The number of hydrogen-bond donors (Lipinski definition) is 9. The zero-order valence-electron chi connectivity index (χ0n) is 15.9. The first-order valence-corrected chi connectivity index (χ1v) is 9.23. The second-order valence-corrected chi connectivity index (χ2v) is 6.53. The van der Waals surface area contributed by atoms with E-state index in [1.807, 2.05) is 5.32 Å². The molecule has 0 aromatic carbocycles. The van der Waals surface area contributed by atoms with Gasteiger partial charge in [-0.25, -0.2) is 4.79 Å². The molecule has 14 nitrogen and oxygen atoms in total. The molecule has 11 N–H and O–H groups in total. The van der Waals surface area contributed by atoms with Crippen molar-refractivity contribution in [3.63, 3.8) is 0 Å². The number of aliphatic carboxylic acids is 1. The summed E-state index contributed by atoms with van der Waals surface area (Å²) in [6.45, 7) is -0.847. The summed E-state index contributed by atoms with van der Waals surface area (Å²) in [5, 5.41) is 24.7. The van der Waals surface area contributed by atoms with E-state index in [2.05, 4.69) is 23.3 Å². The maximum atomic E-state index is 12.3. The highest BCUT2D eigenvalue weighted by Gasteiger charge is 2.30. The van der Waals surface area contributed by atoms with E-state index in [9.17, 15) is 33.9 Å². The van der Waals surface area contributed by atoms with Gasteiger partial charge in [-0.05, 0) is 6.42 Å². The van der Waals surface area contributed by atoms with E-state index in [0.717, 1.165) is 0 Å². The number of carbonyl (C=O) groups is 6. The molecule has 0 saturated carbocycles. The van der Waals surface area contributed by atoms with Crippen LogP contribution in [0.25, 0.3) is 0 Å². The minimum absolute atomic E-state index is 0.0843. The smallest absolute Gasteiger partial charge is 0.326 e. The van der Waals surface area contributed by atoms with Gasteiger partial charge in [-0.3, -0.25) is 24.0 Å². The summed E-state index contributed by atoms with van der Waals surface area (Å²) in [4.78, 5) is 69.1. The summed E-state index contributed by atoms with van der Waals surface area (Å²) < 4.78 is 0. The van der Waals surface area contributed by atoms with Crippen LogP contribution in [0.1, 0.15) is 19.3 Å². The van der Waals surface area contributed by atoms with E-state index >= 15 is 0 Å². The Balaban J connectivity index is 4.97. The molecule has 0 heterocycles. The summed E-state index contributed by atoms with van der Waals surface area (Å²) in [6, 6.07) is -5.64. The molecule has 0 saturated heterocycles. The number of carbonyl (C=O) groups excluding carboxylic acids is 5. The summed E-state index contributed by atoms with van der Waals surface area (Å²) >= 11 is 3.89. The van der Waals surface area contributed by atoms with Crippen LogP contribution in [0.15, 0.2) is 0 Å². The van der Waals surface area contributed by atoms with Gasteiger partial charge < -0.3 is 43.4 Å². The van der Waals surface area contributed by atoms with Gasteiger partial charge in [-0.1, -0.05) is 0 Å². The van der Waals surface area contributed by atoms with Crippen LogP contribution in [-0.4, -0.2) is 82.2 Å². The van der Waals surface area contributed by atoms with Crippen molar-refractivity contribution in [2.75, 3.05) is 12.4 Å². The number of aliphatic hydroxyl groups excluding tert-OH is 1. The van der Waals surface area contributed by atoms with Crippen LogP contribution < -0.4 is 33.2 Å². The van der Waals surface area contributed by atoms with Crippen LogP contribution in [-0.2, 0) is 28.8 Å². The lowest BCUT2D eigenvalue weighted by Crippen LogP contribution is -2.58. The Labute approximate surface area is 176 Å². The zero-order chi connectivity index (χ0) is 23.4. The van der Waals surface area contributed by atoms with E-state index in [4.69, 9.17) is 22.3 Å². The maximum absolute atomic E-state index is 12.3. The molecule has 0 aliphatic carbocycles. The third-order valence-corrected chi connectivity index (χ3v) is 4.05. The van der Waals surface area contributed by atoms with E-state index in [1.54, 1.807) is 0 Å². The SMILES string of the molecule is NC(=O)CCC(N)C(=O)NC(CO)C(=O)NC(CS)C(=O)NC(CC(N)=O)C(=O)O. The van der Waals surface area contributed by atoms with Gasteiger partial charge >= 0.3 is 5.97 Å². The molecule has 0 rings (SSSR count). The summed E-state index contributed by atoms with van der Waals surface area (Å²) in [7, 11) is 0. The average Bonchev–Trinajstić information content (AvgIpc) is 2.66. The highest BCUT2D eigenvalue weighted by Crippen LogP contribution is 1.99. The molecule has 0 aliphatic heterocycles. The number of hydrogen-bond acceptors (Lipinski definition) is 9. The van der Waals surface area contributed by atoms with Gasteiger partial charge in [-0.2, -0.15) is 12.6 Å². The molecule has 170 valence electrons. The van der Waals surface area contributed by atoms with E-state index in [-0.39, 0.29) is 18.6 Å². The first kappa shape index (κ1) is 27.1. The Morgan fingerprint density at radius 1 is 0.833 bits per heavy atom. The van der Waals surface area contributed by atoms with Gasteiger partial charge in [0.25, 0.3) is 0 Å². The Kier molecular flexibility index (Phi) is 12.0. The van der Waals surface area contributed by atoms with Crippen molar-refractivity contribution < 1.29 is 39.0 Å². The molecular formula is C15H26N6O8S. The van der Waals surface area contributed by atoms with Gasteiger partial charge in [0.2, 0.25) is 29.5 Å². The van der Waals surface area contributed by atoms with Crippen LogP contribution in [0.5, 0.6) is 0 Å². The lowest BCUT2D eigenvalue weighted by Gasteiger charge is -2.23. The molecule has 30 heavy (non-hydrogen) atoms. The van der Waals surface area contributed by atoms with Gasteiger partial charge in [0.15, 0.2) is 0 Å². The first-order chi connectivity index (χ1) is 13.9. The number of carboxylic acids is 1. The van der Waals surface area contributed by atoms with Crippen LogP contribution in [0.2, 0.25) is 0 Å². The third kappa shape index (κ3) is 10.0. The van der Waals surface area contributed by atoms with Crippen LogP contribution in [0.3, 0.4) is 0 Å². The molecular weight excluding hydrogens is 424 g/mol. The molecule has 0 aromatic heterocycles. The summed E-state index contributed by atoms with van der Waals surface area (Å²) in [5.74, 6) is -6.23. The number of primary amides is 2. The molecule has 0 radical (unpaired) electrons. The highest BCUT2D eigenvalue weighted by molar-refractivity contribution is 7.80. The second-order valence-electron chi connectivity index (χ2n) is 6.17. The molecule has 0 aliphatic rings. The lowest BCUT2D eigenvalue weighted by atomic mass is 10.1. The standard InChI is InChI=1S/C15H26N6O8S/c16-6(1-2-10(17)23)12(25)20-8(4-22)13(26)21-9(5-30)14(27)19-7(15(28)29)3-11(18)24/h6-9,22,30H,1-5,16H2,(H2,17,23)(H2,18,24)(H,19,27)(H,20,25)(H,21,26)(H,28,29). The fourth-order valence-electron chi connectivity index (χ4n) is 2.04. The summed E-state index contributed by atoms with van der Waals surface area (Å²) in [6.07, 6.45) is -0.922. The minimum Gasteiger partial charge on any atom is -0.480 e. The Hall–Kier alpha value is -2.91. The number of aliphatic hydroxyl groups is 1. The highest BCUT2D eigenvalue weighted by atomic mass is 32.1. The Morgan fingerprint density at radius 3 is 1.77 bits per heavy atom. The van der Waals surface area contributed by atoms with E-state index < -0.39 is 72.7 Å². The van der Waals surface area contributed by atoms with Crippen molar-refractivity contribution in [1.82, 2.24) is 16.0 Å². The van der Waals surface area contributed by atoms with E-state index in [0.29, 0.717) is 0 Å². The fourth-order valence-corrected chi connectivity index (χ4v) is 2.30. The quantitative estimate of drug-likeness (QED) is 0.114. The average molecular weight is 450 g/mol. The molecule has 0 aromatic rings. The predicted molar refractivity (Wildman–Crippen MR) is 105 cm³/mol. The van der Waals surface area contributed by atoms with Crippen molar-refractivity contribution in [2.24, 2.45) is 17.2 Å². The molecule has 0 bridgehead atoms. The lowest BCUT2D eigenvalue weighted by molar-refractivity contribution is -0.143. The Morgan fingerprint density at radius 2 is 1.33 bits per heavy atom. The second kappa shape index (κ2) is 13.3. The number of amides is 5.